The van der Waals surface area contributed by atoms with Crippen LogP contribution in [0.2, 0.25) is 0 Å². The molecule has 0 saturated carbocycles. The Labute approximate surface area is 178 Å². The number of aryl methyl sites for hydroxylation is 2. The first-order valence-corrected chi connectivity index (χ1v) is 9.92. The van der Waals surface area contributed by atoms with Gasteiger partial charge in [-0.15, -0.1) is 0 Å². The predicted octanol–water partition coefficient (Wildman–Crippen LogP) is 4.41. The molecular weight excluding hydrogens is 409 g/mol. The number of fused-ring (bicyclic) bond motifs is 1. The molecule has 0 aliphatic heterocycles. The molecule has 1 amide bonds. The van der Waals surface area contributed by atoms with Crippen LogP contribution in [0.3, 0.4) is 0 Å². The van der Waals surface area contributed by atoms with Crippen molar-refractivity contribution in [3.05, 3.63) is 58.8 Å². The minimum absolute atomic E-state index is 0.0137. The first-order chi connectivity index (χ1) is 14.5. The van der Waals surface area contributed by atoms with E-state index in [1.54, 1.807) is 20.0 Å². The molecule has 1 aromatic carbocycles. The topological polar surface area (TPSA) is 81.6 Å². The maximum Gasteiger partial charge on any atom is 0.270 e. The SMILES string of the molecule is CCCC(C)(N)CNC(=O)c1c(C)nc2c(Oc3c(F)ccc(F)c3F)cc(C)cn12. The van der Waals surface area contributed by atoms with Crippen LogP contribution in [-0.4, -0.2) is 27.4 Å². The third kappa shape index (κ3) is 4.66. The lowest BCUT2D eigenvalue weighted by molar-refractivity contribution is 0.0937. The monoisotopic (exact) mass is 434 g/mol. The quantitative estimate of drug-likeness (QED) is 0.540. The van der Waals surface area contributed by atoms with Gasteiger partial charge in [0.2, 0.25) is 11.6 Å². The van der Waals surface area contributed by atoms with E-state index in [1.165, 1.54) is 10.5 Å². The van der Waals surface area contributed by atoms with Crippen LogP contribution in [0.15, 0.2) is 24.4 Å². The van der Waals surface area contributed by atoms with Gasteiger partial charge >= 0.3 is 0 Å². The number of rotatable bonds is 7. The Bertz CT molecular complexity index is 1140. The molecule has 0 aliphatic carbocycles. The first-order valence-electron chi connectivity index (χ1n) is 9.92. The zero-order valence-corrected chi connectivity index (χ0v) is 17.9. The number of hydrogen-bond acceptors (Lipinski definition) is 4. The number of pyridine rings is 1. The molecule has 9 heteroatoms. The summed E-state index contributed by atoms with van der Waals surface area (Å²) >= 11 is 0. The molecule has 1 atom stereocenters. The third-order valence-electron chi connectivity index (χ3n) is 4.90. The Kier molecular flexibility index (Phi) is 6.26. The number of nitrogens with one attached hydrogen (secondary N) is 1. The van der Waals surface area contributed by atoms with Crippen molar-refractivity contribution in [3.8, 4) is 11.5 Å². The van der Waals surface area contributed by atoms with E-state index in [1.807, 2.05) is 13.8 Å². The molecule has 0 aliphatic rings. The smallest absolute Gasteiger partial charge is 0.270 e. The molecule has 0 spiro atoms. The van der Waals surface area contributed by atoms with E-state index in [-0.39, 0.29) is 23.6 Å². The molecule has 6 nitrogen and oxygen atoms in total. The van der Waals surface area contributed by atoms with Crippen LogP contribution in [0.4, 0.5) is 13.2 Å². The lowest BCUT2D eigenvalue weighted by Gasteiger charge is -2.24. The molecule has 3 rings (SSSR count). The van der Waals surface area contributed by atoms with Crippen LogP contribution >= 0.6 is 0 Å². The third-order valence-corrected chi connectivity index (χ3v) is 4.90. The number of aromatic nitrogens is 2. The number of nitrogens with zero attached hydrogens (tertiary/aromatic N) is 2. The van der Waals surface area contributed by atoms with Crippen molar-refractivity contribution in [1.29, 1.82) is 0 Å². The highest BCUT2D eigenvalue weighted by molar-refractivity contribution is 5.95. The minimum Gasteiger partial charge on any atom is -0.447 e. The fourth-order valence-corrected chi connectivity index (χ4v) is 3.44. The molecule has 0 saturated heterocycles. The first kappa shape index (κ1) is 22.6. The van der Waals surface area contributed by atoms with E-state index in [9.17, 15) is 18.0 Å². The van der Waals surface area contributed by atoms with Gasteiger partial charge in [-0.1, -0.05) is 13.3 Å². The van der Waals surface area contributed by atoms with Gasteiger partial charge in [-0.2, -0.15) is 4.39 Å². The number of imidazole rings is 1. The summed E-state index contributed by atoms with van der Waals surface area (Å²) in [6.07, 6.45) is 3.27. The summed E-state index contributed by atoms with van der Waals surface area (Å²) in [4.78, 5) is 17.2. The molecule has 31 heavy (non-hydrogen) atoms. The molecule has 0 bridgehead atoms. The summed E-state index contributed by atoms with van der Waals surface area (Å²) in [5.41, 5.74) is 7.08. The highest BCUT2D eigenvalue weighted by Gasteiger charge is 2.24. The van der Waals surface area contributed by atoms with Crippen molar-refractivity contribution in [2.45, 2.75) is 46.1 Å². The average Bonchev–Trinajstić information content (AvgIpc) is 3.02. The number of hydrogen-bond donors (Lipinski definition) is 2. The van der Waals surface area contributed by atoms with Gasteiger partial charge in [-0.05, 0) is 51.0 Å². The van der Waals surface area contributed by atoms with Gasteiger partial charge in [-0.3, -0.25) is 9.20 Å². The van der Waals surface area contributed by atoms with E-state index in [0.717, 1.165) is 18.9 Å². The number of ether oxygens (including phenoxy) is 1. The average molecular weight is 434 g/mol. The number of amides is 1. The Morgan fingerprint density at radius 2 is 1.94 bits per heavy atom. The van der Waals surface area contributed by atoms with Crippen molar-refractivity contribution in [3.63, 3.8) is 0 Å². The Morgan fingerprint density at radius 3 is 2.61 bits per heavy atom. The Morgan fingerprint density at radius 1 is 1.26 bits per heavy atom. The molecule has 2 aromatic heterocycles. The van der Waals surface area contributed by atoms with E-state index >= 15 is 0 Å². The van der Waals surface area contributed by atoms with Crippen molar-refractivity contribution in [1.82, 2.24) is 14.7 Å². The second kappa shape index (κ2) is 8.58. The van der Waals surface area contributed by atoms with Gasteiger partial charge in [0.1, 0.15) is 5.69 Å². The number of carbonyl (C=O) groups is 1. The number of carbonyl (C=O) groups excluding carboxylic acids is 1. The van der Waals surface area contributed by atoms with Gasteiger partial charge in [-0.25, -0.2) is 13.8 Å². The van der Waals surface area contributed by atoms with Crippen LogP contribution in [0.1, 0.15) is 48.4 Å². The van der Waals surface area contributed by atoms with Gasteiger partial charge in [0.15, 0.2) is 23.0 Å². The van der Waals surface area contributed by atoms with Crippen molar-refractivity contribution in [2.75, 3.05) is 6.54 Å². The van der Waals surface area contributed by atoms with Crippen molar-refractivity contribution in [2.24, 2.45) is 5.73 Å². The van der Waals surface area contributed by atoms with Gasteiger partial charge in [0.25, 0.3) is 5.91 Å². The van der Waals surface area contributed by atoms with Gasteiger partial charge < -0.3 is 15.8 Å². The van der Waals surface area contributed by atoms with Gasteiger partial charge in [0, 0.05) is 18.3 Å². The largest absolute Gasteiger partial charge is 0.447 e. The lowest BCUT2D eigenvalue weighted by Crippen LogP contribution is -2.47. The second-order valence-electron chi connectivity index (χ2n) is 7.98. The Balaban J connectivity index is 2.01. The summed E-state index contributed by atoms with van der Waals surface area (Å²) in [7, 11) is 0. The highest BCUT2D eigenvalue weighted by atomic mass is 19.2. The standard InChI is InChI=1S/C22H25F3N4O2/c1-5-8-22(4,26)11-27-21(30)18-13(3)28-20-16(9-12(2)10-29(18)20)31-19-15(24)7-6-14(23)17(19)25/h6-7,9-10H,5,8,11,26H2,1-4H3,(H,27,30). The number of halogens is 3. The van der Waals surface area contributed by atoms with Crippen LogP contribution in [0, 0.1) is 31.3 Å². The fourth-order valence-electron chi connectivity index (χ4n) is 3.44. The number of benzene rings is 1. The fraction of sp³-hybridized carbons (Fsp3) is 0.364. The summed E-state index contributed by atoms with van der Waals surface area (Å²) in [5, 5.41) is 2.82. The maximum absolute atomic E-state index is 14.1. The van der Waals surface area contributed by atoms with E-state index in [2.05, 4.69) is 10.3 Å². The second-order valence-corrected chi connectivity index (χ2v) is 7.98. The molecule has 0 fully saturated rings. The van der Waals surface area contributed by atoms with E-state index < -0.39 is 34.6 Å². The minimum atomic E-state index is -1.45. The number of nitrogens with two attached hydrogens (primary N) is 1. The van der Waals surface area contributed by atoms with Gasteiger partial charge in [0.05, 0.1) is 5.69 Å². The van der Waals surface area contributed by atoms with Crippen molar-refractivity contribution < 1.29 is 22.7 Å². The zero-order chi connectivity index (χ0) is 22.9. The van der Waals surface area contributed by atoms with Crippen molar-refractivity contribution >= 4 is 11.6 Å². The predicted molar refractivity (Wildman–Crippen MR) is 111 cm³/mol. The molecule has 3 N–H and O–H groups in total. The molecular formula is C22H25F3N4O2. The van der Waals surface area contributed by atoms with Crippen LogP contribution in [0.25, 0.3) is 5.65 Å². The zero-order valence-electron chi connectivity index (χ0n) is 17.9. The molecule has 2 heterocycles. The highest BCUT2D eigenvalue weighted by Crippen LogP contribution is 2.32. The maximum atomic E-state index is 14.1. The summed E-state index contributed by atoms with van der Waals surface area (Å²) in [5.74, 6) is -5.02. The normalized spacial score (nSPS) is 13.3. The summed E-state index contributed by atoms with van der Waals surface area (Å²) in [6.45, 7) is 7.49. The lowest BCUT2D eigenvalue weighted by atomic mass is 9.98. The molecule has 0 radical (unpaired) electrons. The van der Waals surface area contributed by atoms with E-state index in [4.69, 9.17) is 10.5 Å². The molecule has 166 valence electrons. The van der Waals surface area contributed by atoms with Crippen LogP contribution in [-0.2, 0) is 0 Å². The Hall–Kier alpha value is -3.07. The van der Waals surface area contributed by atoms with E-state index in [0.29, 0.717) is 17.3 Å². The molecule has 1 unspecified atom stereocenters. The summed E-state index contributed by atoms with van der Waals surface area (Å²) in [6, 6.07) is 2.96. The van der Waals surface area contributed by atoms with Crippen LogP contribution < -0.4 is 15.8 Å². The van der Waals surface area contributed by atoms with Crippen LogP contribution in [0.5, 0.6) is 11.5 Å². The molecule has 3 aromatic rings. The summed E-state index contributed by atoms with van der Waals surface area (Å²) < 4.78 is 48.6.